The lowest BCUT2D eigenvalue weighted by molar-refractivity contribution is 0.116. The van der Waals surface area contributed by atoms with E-state index in [1.54, 1.807) is 18.2 Å². The topological polar surface area (TPSA) is 40.5 Å². The van der Waals surface area contributed by atoms with Crippen molar-refractivity contribution in [3.05, 3.63) is 69.2 Å². The Hall–Kier alpha value is -1.06. The van der Waals surface area contributed by atoms with E-state index in [4.69, 9.17) is 23.2 Å². The average Bonchev–Trinajstić information content (AvgIpc) is 2.49. The monoisotopic (exact) mass is 324 g/mol. The minimum absolute atomic E-state index is 0.185. The maximum absolute atomic E-state index is 9.95. The molecule has 0 fully saturated rings. The van der Waals surface area contributed by atoms with Crippen LogP contribution in [0.5, 0.6) is 0 Å². The van der Waals surface area contributed by atoms with E-state index in [1.165, 1.54) is 0 Å². The van der Waals surface area contributed by atoms with Crippen LogP contribution in [0.4, 0.5) is 0 Å². The van der Waals surface area contributed by atoms with Crippen LogP contribution in [-0.2, 0) is 11.8 Å². The van der Waals surface area contributed by atoms with Crippen LogP contribution in [0.25, 0.3) is 0 Å². The smallest absolute Gasteiger partial charge is 0.0553 e. The lowest BCUT2D eigenvalue weighted by Crippen LogP contribution is -2.38. The fourth-order valence-electron chi connectivity index (χ4n) is 2.63. The normalized spacial score (nSPS) is 11.7. The van der Waals surface area contributed by atoms with Crippen molar-refractivity contribution in [3.8, 4) is 0 Å². The summed E-state index contributed by atoms with van der Waals surface area (Å²) in [6, 6.07) is 13.0. The molecular formula is C17H18Cl2O2. The van der Waals surface area contributed by atoms with Gasteiger partial charge in [0.25, 0.3) is 0 Å². The molecule has 0 aliphatic rings. The van der Waals surface area contributed by atoms with E-state index in [9.17, 15) is 10.2 Å². The van der Waals surface area contributed by atoms with Gasteiger partial charge in [-0.1, -0.05) is 53.5 Å². The second-order valence-corrected chi connectivity index (χ2v) is 6.10. The van der Waals surface area contributed by atoms with E-state index in [1.807, 2.05) is 31.2 Å². The molecule has 0 aliphatic carbocycles. The number of benzene rings is 2. The van der Waals surface area contributed by atoms with Crippen molar-refractivity contribution in [1.82, 2.24) is 0 Å². The zero-order valence-electron chi connectivity index (χ0n) is 11.8. The molecule has 112 valence electrons. The lowest BCUT2D eigenvalue weighted by atomic mass is 9.75. The van der Waals surface area contributed by atoms with Crippen molar-refractivity contribution >= 4 is 23.2 Å². The molecule has 0 saturated carbocycles. The molecule has 0 saturated heterocycles. The molecule has 2 nitrogen and oxygen atoms in total. The number of hydrogen-bond donors (Lipinski definition) is 2. The van der Waals surface area contributed by atoms with E-state index in [2.05, 4.69) is 0 Å². The van der Waals surface area contributed by atoms with Crippen molar-refractivity contribution in [2.24, 2.45) is 0 Å². The molecule has 0 heterocycles. The Balaban J connectivity index is 2.51. The molecule has 2 N–H and O–H groups in total. The standard InChI is InChI=1S/C17H18Cl2O2/c1-12-5-2-3-6-14(12)17(10-20,11-21)9-13-15(18)7-4-8-16(13)19/h2-8,20-21H,9-11H2,1H3. The van der Waals surface area contributed by atoms with Crippen molar-refractivity contribution in [3.63, 3.8) is 0 Å². The number of rotatable bonds is 5. The number of hydrogen-bond acceptors (Lipinski definition) is 2. The van der Waals surface area contributed by atoms with Gasteiger partial charge in [0, 0.05) is 15.5 Å². The second-order valence-electron chi connectivity index (χ2n) is 5.29. The minimum Gasteiger partial charge on any atom is -0.395 e. The summed E-state index contributed by atoms with van der Waals surface area (Å²) >= 11 is 12.5. The van der Waals surface area contributed by atoms with Gasteiger partial charge in [-0.05, 0) is 42.2 Å². The summed E-state index contributed by atoms with van der Waals surface area (Å²) in [6.07, 6.45) is 0.378. The molecule has 0 aliphatic heterocycles. The molecule has 2 aromatic carbocycles. The summed E-state index contributed by atoms with van der Waals surface area (Å²) in [5.74, 6) is 0. The number of aliphatic hydroxyl groups excluding tert-OH is 2. The van der Waals surface area contributed by atoms with Gasteiger partial charge in [-0.3, -0.25) is 0 Å². The second kappa shape index (κ2) is 6.80. The van der Waals surface area contributed by atoms with Crippen LogP contribution in [0.15, 0.2) is 42.5 Å². The molecule has 0 unspecified atom stereocenters. The molecule has 0 spiro atoms. The molecule has 0 atom stereocenters. The van der Waals surface area contributed by atoms with Gasteiger partial charge in [0.2, 0.25) is 0 Å². The first-order valence-electron chi connectivity index (χ1n) is 6.75. The fourth-order valence-corrected chi connectivity index (χ4v) is 3.17. The first-order valence-corrected chi connectivity index (χ1v) is 7.50. The summed E-state index contributed by atoms with van der Waals surface area (Å²) in [5.41, 5.74) is 1.86. The Labute approximate surface area is 135 Å². The van der Waals surface area contributed by atoms with Gasteiger partial charge in [0.05, 0.1) is 13.2 Å². The van der Waals surface area contributed by atoms with Crippen LogP contribution in [0, 0.1) is 6.92 Å². The number of halogens is 2. The summed E-state index contributed by atoms with van der Waals surface area (Å²) in [7, 11) is 0. The zero-order chi connectivity index (χ0) is 15.5. The Morgan fingerprint density at radius 2 is 1.48 bits per heavy atom. The Morgan fingerprint density at radius 3 is 2.00 bits per heavy atom. The summed E-state index contributed by atoms with van der Waals surface area (Å²) < 4.78 is 0. The fraction of sp³-hybridized carbons (Fsp3) is 0.294. The SMILES string of the molecule is Cc1ccccc1C(CO)(CO)Cc1c(Cl)cccc1Cl. The van der Waals surface area contributed by atoms with Gasteiger partial charge in [-0.15, -0.1) is 0 Å². The molecule has 0 bridgehead atoms. The maximum atomic E-state index is 9.95. The Kier molecular flexibility index (Phi) is 5.28. The third-order valence-corrected chi connectivity index (χ3v) is 4.61. The molecule has 21 heavy (non-hydrogen) atoms. The quantitative estimate of drug-likeness (QED) is 0.879. The number of aliphatic hydroxyl groups is 2. The molecular weight excluding hydrogens is 307 g/mol. The third kappa shape index (κ3) is 3.24. The average molecular weight is 325 g/mol. The van der Waals surface area contributed by atoms with E-state index in [-0.39, 0.29) is 13.2 Å². The predicted octanol–water partition coefficient (Wildman–Crippen LogP) is 3.77. The highest BCUT2D eigenvalue weighted by atomic mass is 35.5. The highest BCUT2D eigenvalue weighted by molar-refractivity contribution is 6.36. The molecule has 4 heteroatoms. The highest BCUT2D eigenvalue weighted by Crippen LogP contribution is 2.35. The van der Waals surface area contributed by atoms with Crippen molar-refractivity contribution in [1.29, 1.82) is 0 Å². The van der Waals surface area contributed by atoms with E-state index in [0.29, 0.717) is 16.5 Å². The van der Waals surface area contributed by atoms with Crippen LogP contribution in [0.3, 0.4) is 0 Å². The molecule has 2 rings (SSSR count). The van der Waals surface area contributed by atoms with Crippen LogP contribution >= 0.6 is 23.2 Å². The highest BCUT2D eigenvalue weighted by Gasteiger charge is 2.34. The summed E-state index contributed by atoms with van der Waals surface area (Å²) in [4.78, 5) is 0. The van der Waals surface area contributed by atoms with E-state index >= 15 is 0 Å². The van der Waals surface area contributed by atoms with Gasteiger partial charge in [0.15, 0.2) is 0 Å². The van der Waals surface area contributed by atoms with Gasteiger partial charge in [0.1, 0.15) is 0 Å². The summed E-state index contributed by atoms with van der Waals surface area (Å²) in [6.45, 7) is 1.59. The van der Waals surface area contributed by atoms with Crippen LogP contribution in [0.2, 0.25) is 10.0 Å². The first kappa shape index (κ1) is 16.3. The van der Waals surface area contributed by atoms with Gasteiger partial charge < -0.3 is 10.2 Å². The van der Waals surface area contributed by atoms with Gasteiger partial charge in [-0.25, -0.2) is 0 Å². The summed E-state index contributed by atoms with van der Waals surface area (Å²) in [5, 5.41) is 21.0. The molecule has 0 amide bonds. The molecule has 0 aromatic heterocycles. The number of aryl methyl sites for hydroxylation is 1. The van der Waals surface area contributed by atoms with Crippen LogP contribution < -0.4 is 0 Å². The van der Waals surface area contributed by atoms with E-state index < -0.39 is 5.41 Å². The van der Waals surface area contributed by atoms with Crippen molar-refractivity contribution < 1.29 is 10.2 Å². The van der Waals surface area contributed by atoms with Crippen LogP contribution in [0.1, 0.15) is 16.7 Å². The van der Waals surface area contributed by atoms with Crippen molar-refractivity contribution in [2.45, 2.75) is 18.8 Å². The first-order chi connectivity index (χ1) is 10.0. The Morgan fingerprint density at radius 1 is 0.905 bits per heavy atom. The van der Waals surface area contributed by atoms with Crippen LogP contribution in [-0.4, -0.2) is 23.4 Å². The Bertz CT molecular complexity index is 602. The largest absolute Gasteiger partial charge is 0.395 e. The lowest BCUT2D eigenvalue weighted by Gasteiger charge is -2.32. The molecule has 0 radical (unpaired) electrons. The zero-order valence-corrected chi connectivity index (χ0v) is 13.3. The predicted molar refractivity (Wildman–Crippen MR) is 87.2 cm³/mol. The van der Waals surface area contributed by atoms with E-state index in [0.717, 1.165) is 16.7 Å². The third-order valence-electron chi connectivity index (χ3n) is 3.90. The minimum atomic E-state index is -0.806. The van der Waals surface area contributed by atoms with Gasteiger partial charge in [-0.2, -0.15) is 0 Å². The maximum Gasteiger partial charge on any atom is 0.0553 e. The molecule has 2 aromatic rings. The van der Waals surface area contributed by atoms with Gasteiger partial charge >= 0.3 is 0 Å². The van der Waals surface area contributed by atoms with Crippen molar-refractivity contribution in [2.75, 3.05) is 13.2 Å².